The summed E-state index contributed by atoms with van der Waals surface area (Å²) in [6.07, 6.45) is 1.19. The monoisotopic (exact) mass is 310 g/mol. The summed E-state index contributed by atoms with van der Waals surface area (Å²) < 4.78 is 5.38. The molecule has 1 atom stereocenters. The van der Waals surface area contributed by atoms with Gasteiger partial charge < -0.3 is 4.74 Å². The Kier molecular flexibility index (Phi) is 5.94. The molecule has 0 radical (unpaired) electrons. The van der Waals surface area contributed by atoms with Crippen LogP contribution in [0.15, 0.2) is 53.3 Å². The van der Waals surface area contributed by atoms with Crippen LogP contribution >= 0.6 is 35.3 Å². The van der Waals surface area contributed by atoms with Crippen molar-refractivity contribution in [3.05, 3.63) is 58.9 Å². The summed E-state index contributed by atoms with van der Waals surface area (Å²) in [5.74, 6) is 0.895. The molecule has 1 aromatic carbocycles. The molecule has 0 spiro atoms. The molecule has 0 aliphatic carbocycles. The highest BCUT2D eigenvalue weighted by molar-refractivity contribution is 8.22. The summed E-state index contributed by atoms with van der Waals surface area (Å²) in [6, 6.07) is 10.5. The van der Waals surface area contributed by atoms with Crippen molar-refractivity contribution in [2.45, 2.75) is 4.58 Å². The van der Waals surface area contributed by atoms with Crippen molar-refractivity contribution >= 4 is 41.3 Å². The third-order valence-electron chi connectivity index (χ3n) is 2.35. The second kappa shape index (κ2) is 7.72. The first-order chi connectivity index (χ1) is 9.29. The molecule has 2 rings (SSSR count). The van der Waals surface area contributed by atoms with Gasteiger partial charge in [0.15, 0.2) is 0 Å². The molecule has 100 valence electrons. The number of rotatable bonds is 6. The predicted molar refractivity (Wildman–Crippen MR) is 86.1 cm³/mol. The van der Waals surface area contributed by atoms with Crippen LogP contribution in [0.1, 0.15) is 10.1 Å². The van der Waals surface area contributed by atoms with Crippen LogP contribution in [0, 0.1) is 0 Å². The van der Waals surface area contributed by atoms with Gasteiger partial charge in [0.05, 0.1) is 4.58 Å². The number of carbonyl (C=O) groups is 1. The molecule has 0 saturated heterocycles. The minimum atomic E-state index is -0.364. The Morgan fingerprint density at radius 3 is 2.95 bits per heavy atom. The van der Waals surface area contributed by atoms with E-state index in [1.807, 2.05) is 29.6 Å². The number of thioether (sulfide) groups is 3. The second-order valence-electron chi connectivity index (χ2n) is 3.71. The Labute approximate surface area is 126 Å². The zero-order valence-corrected chi connectivity index (χ0v) is 12.7. The average Bonchev–Trinajstić information content (AvgIpc) is 2.93. The van der Waals surface area contributed by atoms with Gasteiger partial charge in [-0.15, -0.1) is 35.3 Å². The molecule has 5 heteroatoms. The fourth-order valence-electron chi connectivity index (χ4n) is 1.46. The van der Waals surface area contributed by atoms with E-state index in [9.17, 15) is 4.79 Å². The molecule has 0 fully saturated rings. The first-order valence-electron chi connectivity index (χ1n) is 5.72. The van der Waals surface area contributed by atoms with Gasteiger partial charge in [0.2, 0.25) is 0 Å². The summed E-state index contributed by atoms with van der Waals surface area (Å²) in [5, 5.41) is 2.20. The van der Waals surface area contributed by atoms with E-state index >= 15 is 0 Å². The zero-order valence-electron chi connectivity index (χ0n) is 10.3. The largest absolute Gasteiger partial charge is 0.451 e. The molecule has 1 unspecified atom stereocenters. The highest BCUT2D eigenvalue weighted by atomic mass is 32.2. The van der Waals surface area contributed by atoms with Gasteiger partial charge in [-0.2, -0.15) is 0 Å². The molecule has 1 aliphatic rings. The van der Waals surface area contributed by atoms with E-state index in [2.05, 4.69) is 36.3 Å². The van der Waals surface area contributed by atoms with E-state index in [-0.39, 0.29) is 5.97 Å². The summed E-state index contributed by atoms with van der Waals surface area (Å²) in [5.41, 5.74) is 1.34. The van der Waals surface area contributed by atoms with Gasteiger partial charge in [-0.05, 0) is 11.0 Å². The van der Waals surface area contributed by atoms with Crippen molar-refractivity contribution in [3.8, 4) is 0 Å². The van der Waals surface area contributed by atoms with Crippen molar-refractivity contribution in [2.75, 3.05) is 11.7 Å². The van der Waals surface area contributed by atoms with E-state index in [0.29, 0.717) is 10.5 Å². The van der Waals surface area contributed by atoms with Crippen LogP contribution in [0.2, 0.25) is 0 Å². The van der Waals surface area contributed by atoms with Crippen LogP contribution in [-0.4, -0.2) is 17.7 Å². The van der Waals surface area contributed by atoms with Gasteiger partial charge in [0.25, 0.3) is 0 Å². The molecule has 0 amide bonds. The lowest BCUT2D eigenvalue weighted by molar-refractivity contribution is -0.135. The number of esters is 1. The molecular weight excluding hydrogens is 296 g/mol. The molecule has 19 heavy (non-hydrogen) atoms. The maximum atomic E-state index is 10.9. The van der Waals surface area contributed by atoms with Crippen molar-refractivity contribution in [2.24, 2.45) is 0 Å². The van der Waals surface area contributed by atoms with Crippen LogP contribution in [0.5, 0.6) is 0 Å². The first-order valence-corrected chi connectivity index (χ1v) is 8.70. The Morgan fingerprint density at radius 1 is 1.42 bits per heavy atom. The minimum Gasteiger partial charge on any atom is -0.451 e. The normalized spacial score (nSPS) is 17.9. The lowest BCUT2D eigenvalue weighted by Crippen LogP contribution is -1.99. The zero-order chi connectivity index (χ0) is 13.5. The van der Waals surface area contributed by atoms with Crippen molar-refractivity contribution in [1.29, 1.82) is 0 Å². The van der Waals surface area contributed by atoms with Gasteiger partial charge in [-0.1, -0.05) is 36.9 Å². The predicted octanol–water partition coefficient (Wildman–Crippen LogP) is 4.43. The summed E-state index contributed by atoms with van der Waals surface area (Å²) in [4.78, 5) is 12.2. The SMILES string of the molecule is C=CC(=O)OCSCC1=CSC(c2ccccc2)S1. The van der Waals surface area contributed by atoms with Gasteiger partial charge >= 0.3 is 5.97 Å². The molecule has 2 nitrogen and oxygen atoms in total. The smallest absolute Gasteiger partial charge is 0.330 e. The van der Waals surface area contributed by atoms with Gasteiger partial charge in [-0.25, -0.2) is 4.79 Å². The van der Waals surface area contributed by atoms with Crippen LogP contribution in [0.3, 0.4) is 0 Å². The Balaban J connectivity index is 1.70. The van der Waals surface area contributed by atoms with Gasteiger partial charge in [0.1, 0.15) is 5.94 Å². The molecule has 0 bridgehead atoms. The topological polar surface area (TPSA) is 26.3 Å². The number of carbonyl (C=O) groups excluding carboxylic acids is 1. The van der Waals surface area contributed by atoms with Crippen LogP contribution in [0.4, 0.5) is 0 Å². The van der Waals surface area contributed by atoms with E-state index in [4.69, 9.17) is 4.74 Å². The molecule has 1 heterocycles. The molecule has 0 aromatic heterocycles. The maximum absolute atomic E-state index is 10.9. The van der Waals surface area contributed by atoms with E-state index in [1.165, 1.54) is 16.5 Å². The Hall–Kier alpha value is -0.780. The van der Waals surface area contributed by atoms with Crippen LogP contribution < -0.4 is 0 Å². The van der Waals surface area contributed by atoms with Crippen LogP contribution in [-0.2, 0) is 9.53 Å². The second-order valence-corrected chi connectivity index (χ2v) is 7.16. The summed E-state index contributed by atoms with van der Waals surface area (Å²) >= 11 is 5.31. The fourth-order valence-corrected chi connectivity index (χ4v) is 5.04. The number of benzene rings is 1. The van der Waals surface area contributed by atoms with E-state index in [1.54, 1.807) is 11.8 Å². The fraction of sp³-hybridized carbons (Fsp3) is 0.214. The average molecular weight is 310 g/mol. The first kappa shape index (κ1) is 14.6. The van der Waals surface area contributed by atoms with Crippen molar-refractivity contribution in [1.82, 2.24) is 0 Å². The maximum Gasteiger partial charge on any atom is 0.330 e. The molecule has 0 saturated carbocycles. The lowest BCUT2D eigenvalue weighted by Gasteiger charge is -2.09. The molecule has 1 aromatic rings. The van der Waals surface area contributed by atoms with Crippen molar-refractivity contribution < 1.29 is 9.53 Å². The van der Waals surface area contributed by atoms with Crippen molar-refractivity contribution in [3.63, 3.8) is 0 Å². The van der Waals surface area contributed by atoms with Crippen LogP contribution in [0.25, 0.3) is 0 Å². The Bertz CT molecular complexity index is 471. The highest BCUT2D eigenvalue weighted by Gasteiger charge is 2.19. The van der Waals surface area contributed by atoms with E-state index in [0.717, 1.165) is 5.75 Å². The quantitative estimate of drug-likeness (QED) is 0.335. The molecule has 0 N–H and O–H groups in total. The third-order valence-corrected chi connectivity index (χ3v) is 6.09. The number of ether oxygens (including phenoxy) is 1. The summed E-state index contributed by atoms with van der Waals surface area (Å²) in [7, 11) is 0. The minimum absolute atomic E-state index is 0.364. The highest BCUT2D eigenvalue weighted by Crippen LogP contribution is 2.51. The number of hydrogen-bond donors (Lipinski definition) is 0. The molecule has 1 aliphatic heterocycles. The van der Waals surface area contributed by atoms with Gasteiger partial charge in [0, 0.05) is 16.7 Å². The Morgan fingerprint density at radius 2 is 2.21 bits per heavy atom. The standard InChI is InChI=1S/C14H14O2S3/c1-2-13(15)16-10-17-8-12-9-18-14(19-12)11-6-4-3-5-7-11/h2-7,9,14H,1,8,10H2. The molecular formula is C14H14O2S3. The third kappa shape index (κ3) is 4.67. The summed E-state index contributed by atoms with van der Waals surface area (Å²) in [6.45, 7) is 3.36. The lowest BCUT2D eigenvalue weighted by atomic mass is 10.2. The number of hydrogen-bond acceptors (Lipinski definition) is 5. The van der Waals surface area contributed by atoms with E-state index < -0.39 is 0 Å². The van der Waals surface area contributed by atoms with Gasteiger partial charge in [-0.3, -0.25) is 0 Å².